The molecule has 8 heteroatoms. The van der Waals surface area contributed by atoms with E-state index in [0.717, 1.165) is 11.5 Å². The van der Waals surface area contributed by atoms with Crippen molar-refractivity contribution in [2.75, 3.05) is 30.4 Å². The molecule has 6 nitrogen and oxygen atoms in total. The quantitative estimate of drug-likeness (QED) is 0.681. The third kappa shape index (κ3) is 3.24. The van der Waals surface area contributed by atoms with Gasteiger partial charge in [0, 0.05) is 42.8 Å². The molecule has 2 rings (SSSR count). The lowest BCUT2D eigenvalue weighted by molar-refractivity contribution is -0.384. The number of thioether (sulfide) groups is 1. The number of carbonyl (C=O) groups is 1. The second-order valence-corrected chi connectivity index (χ2v) is 6.34. The molecule has 1 aromatic carbocycles. The molecule has 114 valence electrons. The van der Waals surface area contributed by atoms with Gasteiger partial charge in [0.05, 0.1) is 9.95 Å². The van der Waals surface area contributed by atoms with Crippen molar-refractivity contribution < 1.29 is 9.72 Å². The molecule has 1 heterocycles. The molecule has 1 fully saturated rings. The van der Waals surface area contributed by atoms with Crippen molar-refractivity contribution in [1.29, 1.82) is 0 Å². The number of nitro groups is 1. The fraction of sp³-hybridized carbons (Fsp3) is 0.462. The Kier molecular flexibility index (Phi) is 4.95. The number of carbonyl (C=O) groups excluding carboxylic acids is 1. The molecule has 0 saturated carbocycles. The van der Waals surface area contributed by atoms with Gasteiger partial charge in [-0.15, -0.1) is 0 Å². The molecule has 1 amide bonds. The number of hydrogen-bond acceptors (Lipinski definition) is 5. The van der Waals surface area contributed by atoms with Crippen LogP contribution in [0.2, 0.25) is 5.02 Å². The average molecular weight is 330 g/mol. The van der Waals surface area contributed by atoms with Gasteiger partial charge < -0.3 is 10.2 Å². The van der Waals surface area contributed by atoms with Crippen molar-refractivity contribution in [3.63, 3.8) is 0 Å². The van der Waals surface area contributed by atoms with Crippen molar-refractivity contribution in [3.8, 4) is 0 Å². The number of amides is 1. The molecule has 1 N–H and O–H groups in total. The molecule has 21 heavy (non-hydrogen) atoms. The van der Waals surface area contributed by atoms with E-state index in [0.29, 0.717) is 6.54 Å². The SMILES string of the molecule is CNc1c(Cl)cc(C(=O)N2CCSCC2C)cc1[N+](=O)[O-]. The Morgan fingerprint density at radius 1 is 1.57 bits per heavy atom. The van der Waals surface area contributed by atoms with Crippen LogP contribution in [-0.4, -0.2) is 46.9 Å². The van der Waals surface area contributed by atoms with Gasteiger partial charge in [-0.25, -0.2) is 0 Å². The molecule has 0 radical (unpaired) electrons. The van der Waals surface area contributed by atoms with Crippen molar-refractivity contribution in [2.24, 2.45) is 0 Å². The Morgan fingerprint density at radius 3 is 2.86 bits per heavy atom. The summed E-state index contributed by atoms with van der Waals surface area (Å²) >= 11 is 7.85. The Bertz CT molecular complexity index is 582. The second-order valence-electron chi connectivity index (χ2n) is 4.78. The topological polar surface area (TPSA) is 75.5 Å². The van der Waals surface area contributed by atoms with E-state index in [2.05, 4.69) is 5.32 Å². The first-order valence-electron chi connectivity index (χ1n) is 6.50. The van der Waals surface area contributed by atoms with Crippen LogP contribution in [0.5, 0.6) is 0 Å². The summed E-state index contributed by atoms with van der Waals surface area (Å²) in [4.78, 5) is 24.9. The van der Waals surface area contributed by atoms with Gasteiger partial charge in [0.15, 0.2) is 0 Å². The molecule has 0 aromatic heterocycles. The summed E-state index contributed by atoms with van der Waals surface area (Å²) < 4.78 is 0. The van der Waals surface area contributed by atoms with E-state index < -0.39 is 4.92 Å². The summed E-state index contributed by atoms with van der Waals surface area (Å²) in [6, 6.07) is 2.88. The third-order valence-corrected chi connectivity index (χ3v) is 4.88. The van der Waals surface area contributed by atoms with Gasteiger partial charge in [-0.2, -0.15) is 11.8 Å². The van der Waals surface area contributed by atoms with E-state index >= 15 is 0 Å². The summed E-state index contributed by atoms with van der Waals surface area (Å²) in [5.41, 5.74) is 0.289. The molecular formula is C13H16ClN3O3S. The molecule has 0 bridgehead atoms. The molecular weight excluding hydrogens is 314 g/mol. The molecule has 0 aliphatic carbocycles. The first kappa shape index (κ1) is 15.9. The number of rotatable bonds is 3. The molecule has 0 spiro atoms. The number of benzene rings is 1. The molecule has 1 aliphatic rings. The molecule has 1 atom stereocenters. The van der Waals surface area contributed by atoms with E-state index in [4.69, 9.17) is 11.6 Å². The zero-order valence-corrected chi connectivity index (χ0v) is 13.3. The summed E-state index contributed by atoms with van der Waals surface area (Å²) in [7, 11) is 1.56. The van der Waals surface area contributed by atoms with E-state index in [1.807, 2.05) is 6.92 Å². The lowest BCUT2D eigenvalue weighted by Gasteiger charge is -2.33. The van der Waals surface area contributed by atoms with Gasteiger partial charge in [-0.1, -0.05) is 11.6 Å². The minimum atomic E-state index is -0.538. The van der Waals surface area contributed by atoms with Crippen LogP contribution in [-0.2, 0) is 0 Å². The Morgan fingerprint density at radius 2 is 2.29 bits per heavy atom. The predicted octanol–water partition coefficient (Wildman–Crippen LogP) is 2.87. The summed E-state index contributed by atoms with van der Waals surface area (Å²) in [6.07, 6.45) is 0. The van der Waals surface area contributed by atoms with Gasteiger partial charge in [0.1, 0.15) is 5.69 Å². The minimum absolute atomic E-state index is 0.109. The average Bonchev–Trinajstić information content (AvgIpc) is 2.46. The summed E-state index contributed by atoms with van der Waals surface area (Å²) in [5, 5.41) is 14.0. The molecule has 1 aliphatic heterocycles. The zero-order valence-electron chi connectivity index (χ0n) is 11.8. The highest BCUT2D eigenvalue weighted by Crippen LogP contribution is 2.34. The number of nitrogens with zero attached hydrogens (tertiary/aromatic N) is 2. The van der Waals surface area contributed by atoms with Crippen LogP contribution in [0.3, 0.4) is 0 Å². The maximum atomic E-state index is 12.6. The van der Waals surface area contributed by atoms with Crippen LogP contribution in [0.4, 0.5) is 11.4 Å². The highest BCUT2D eigenvalue weighted by atomic mass is 35.5. The van der Waals surface area contributed by atoms with Crippen molar-refractivity contribution in [1.82, 2.24) is 4.90 Å². The van der Waals surface area contributed by atoms with Crippen LogP contribution >= 0.6 is 23.4 Å². The van der Waals surface area contributed by atoms with Crippen molar-refractivity contribution in [2.45, 2.75) is 13.0 Å². The second kappa shape index (κ2) is 6.53. The largest absolute Gasteiger partial charge is 0.381 e. The Hall–Kier alpha value is -1.47. The number of anilines is 1. The minimum Gasteiger partial charge on any atom is -0.381 e. The maximum absolute atomic E-state index is 12.6. The Balaban J connectivity index is 2.39. The van der Waals surface area contributed by atoms with Gasteiger partial charge in [0.25, 0.3) is 11.6 Å². The van der Waals surface area contributed by atoms with Crippen LogP contribution in [0.25, 0.3) is 0 Å². The standard InChI is InChI=1S/C13H16ClN3O3S/c1-8-7-21-4-3-16(8)13(18)9-5-10(14)12(15-2)11(6-9)17(19)20/h5-6,8,15H,3-4,7H2,1-2H3. The van der Waals surface area contributed by atoms with E-state index in [9.17, 15) is 14.9 Å². The highest BCUT2D eigenvalue weighted by Gasteiger charge is 2.27. The fourth-order valence-corrected chi connectivity index (χ4v) is 3.62. The fourth-order valence-electron chi connectivity index (χ4n) is 2.30. The molecule has 1 saturated heterocycles. The smallest absolute Gasteiger partial charge is 0.294 e. The first-order valence-corrected chi connectivity index (χ1v) is 8.03. The van der Waals surface area contributed by atoms with Crippen LogP contribution in [0, 0.1) is 10.1 Å². The number of halogens is 1. The zero-order chi connectivity index (χ0) is 15.6. The third-order valence-electron chi connectivity index (χ3n) is 3.39. The number of hydrogen-bond donors (Lipinski definition) is 1. The lowest BCUT2D eigenvalue weighted by Crippen LogP contribution is -2.44. The van der Waals surface area contributed by atoms with Gasteiger partial charge in [-0.05, 0) is 13.0 Å². The van der Waals surface area contributed by atoms with E-state index in [1.54, 1.807) is 23.7 Å². The van der Waals surface area contributed by atoms with Crippen LogP contribution in [0.15, 0.2) is 12.1 Å². The summed E-state index contributed by atoms with van der Waals surface area (Å²) in [6.45, 7) is 2.62. The first-order chi connectivity index (χ1) is 9.95. The molecule has 1 unspecified atom stereocenters. The van der Waals surface area contributed by atoms with Crippen LogP contribution in [0.1, 0.15) is 17.3 Å². The number of nitrogens with one attached hydrogen (secondary N) is 1. The number of nitro benzene ring substituents is 1. The van der Waals surface area contributed by atoms with E-state index in [1.165, 1.54) is 12.1 Å². The van der Waals surface area contributed by atoms with Gasteiger partial charge in [0.2, 0.25) is 0 Å². The Labute approximate surface area is 132 Å². The van der Waals surface area contributed by atoms with E-state index in [-0.39, 0.29) is 33.9 Å². The predicted molar refractivity (Wildman–Crippen MR) is 85.5 cm³/mol. The maximum Gasteiger partial charge on any atom is 0.294 e. The highest BCUT2D eigenvalue weighted by molar-refractivity contribution is 7.99. The van der Waals surface area contributed by atoms with Gasteiger partial charge in [-0.3, -0.25) is 14.9 Å². The normalized spacial score (nSPS) is 18.4. The van der Waals surface area contributed by atoms with Crippen molar-refractivity contribution in [3.05, 3.63) is 32.8 Å². The lowest BCUT2D eigenvalue weighted by atomic mass is 10.1. The summed E-state index contributed by atoms with van der Waals surface area (Å²) in [5.74, 6) is 1.53. The van der Waals surface area contributed by atoms with Crippen molar-refractivity contribution >= 4 is 40.6 Å². The monoisotopic (exact) mass is 329 g/mol. The van der Waals surface area contributed by atoms with Gasteiger partial charge >= 0.3 is 0 Å². The van der Waals surface area contributed by atoms with Crippen LogP contribution < -0.4 is 5.32 Å². The molecule has 1 aromatic rings.